The summed E-state index contributed by atoms with van der Waals surface area (Å²) in [6.45, 7) is 1.09. The fourth-order valence-electron chi connectivity index (χ4n) is 1.79. The molecule has 2 rings (SSSR count). The van der Waals surface area contributed by atoms with E-state index < -0.39 is 0 Å². The fourth-order valence-corrected chi connectivity index (χ4v) is 2.21. The number of aromatic nitrogens is 1. The second-order valence-electron chi connectivity index (χ2n) is 3.67. The molecule has 0 atom stereocenters. The van der Waals surface area contributed by atoms with E-state index >= 15 is 0 Å². The van der Waals surface area contributed by atoms with Crippen LogP contribution in [0, 0.1) is 0 Å². The summed E-state index contributed by atoms with van der Waals surface area (Å²) in [5.74, 6) is 1.22. The van der Waals surface area contributed by atoms with Gasteiger partial charge in [-0.2, -0.15) is 11.8 Å². The van der Waals surface area contributed by atoms with Crippen LogP contribution >= 0.6 is 11.8 Å². The second-order valence-corrected chi connectivity index (χ2v) is 4.66. The molecule has 1 heterocycles. The van der Waals surface area contributed by atoms with Crippen LogP contribution in [0.4, 0.5) is 5.69 Å². The second kappa shape index (κ2) is 4.62. The molecule has 0 aliphatic carbocycles. The Kier molecular flexibility index (Phi) is 3.21. The van der Waals surface area contributed by atoms with Crippen molar-refractivity contribution in [2.24, 2.45) is 0 Å². The third-order valence-corrected chi connectivity index (χ3v) is 3.24. The molecule has 3 heteroatoms. The number of nitrogen functional groups attached to an aromatic ring is 1. The van der Waals surface area contributed by atoms with Crippen molar-refractivity contribution in [3.05, 3.63) is 30.5 Å². The number of thioether (sulfide) groups is 1. The Morgan fingerprint density at radius 2 is 2.20 bits per heavy atom. The molecule has 0 aliphatic rings. The Bertz CT molecular complexity index is 448. The summed E-state index contributed by atoms with van der Waals surface area (Å²) in [5, 5.41) is 1.24. The van der Waals surface area contributed by atoms with E-state index in [2.05, 4.69) is 29.2 Å². The first-order chi connectivity index (χ1) is 7.31. The highest BCUT2D eigenvalue weighted by molar-refractivity contribution is 7.98. The molecule has 0 radical (unpaired) electrons. The molecule has 0 spiro atoms. The molecular weight excluding hydrogens is 204 g/mol. The van der Waals surface area contributed by atoms with Crippen molar-refractivity contribution in [1.29, 1.82) is 0 Å². The molecule has 0 saturated heterocycles. The van der Waals surface area contributed by atoms with E-state index in [4.69, 9.17) is 5.73 Å². The minimum atomic E-state index is 0.837. The summed E-state index contributed by atoms with van der Waals surface area (Å²) >= 11 is 1.90. The van der Waals surface area contributed by atoms with Crippen LogP contribution in [-0.4, -0.2) is 16.6 Å². The Morgan fingerprint density at radius 1 is 1.33 bits per heavy atom. The van der Waals surface area contributed by atoms with Gasteiger partial charge in [0.15, 0.2) is 0 Å². The van der Waals surface area contributed by atoms with E-state index in [9.17, 15) is 0 Å². The molecule has 0 unspecified atom stereocenters. The number of nitrogens with two attached hydrogens (primary N) is 1. The standard InChI is InChI=1S/C12H16N2S/c1-15-8-2-6-14-7-5-10-9-11(13)3-4-12(10)14/h3-5,7,9H,2,6,8,13H2,1H3. The van der Waals surface area contributed by atoms with Gasteiger partial charge in [0.25, 0.3) is 0 Å². The van der Waals surface area contributed by atoms with Gasteiger partial charge in [-0.1, -0.05) is 0 Å². The summed E-state index contributed by atoms with van der Waals surface area (Å²) < 4.78 is 2.30. The molecule has 0 fully saturated rings. The number of hydrogen-bond donors (Lipinski definition) is 1. The molecule has 2 nitrogen and oxygen atoms in total. The van der Waals surface area contributed by atoms with E-state index in [1.54, 1.807) is 0 Å². The van der Waals surface area contributed by atoms with Crippen LogP contribution in [0.5, 0.6) is 0 Å². The van der Waals surface area contributed by atoms with Gasteiger partial charge in [-0.25, -0.2) is 0 Å². The zero-order valence-corrected chi connectivity index (χ0v) is 9.76. The molecule has 1 aromatic carbocycles. The van der Waals surface area contributed by atoms with Gasteiger partial charge in [0.05, 0.1) is 0 Å². The lowest BCUT2D eigenvalue weighted by atomic mass is 10.2. The van der Waals surface area contributed by atoms with Gasteiger partial charge in [-0.3, -0.25) is 0 Å². The lowest BCUT2D eigenvalue weighted by Gasteiger charge is -2.04. The van der Waals surface area contributed by atoms with Crippen molar-refractivity contribution in [3.8, 4) is 0 Å². The molecule has 2 aromatic rings. The van der Waals surface area contributed by atoms with Gasteiger partial charge in [0.2, 0.25) is 0 Å². The highest BCUT2D eigenvalue weighted by Gasteiger charge is 2.00. The summed E-state index contributed by atoms with van der Waals surface area (Å²) in [7, 11) is 0. The Morgan fingerprint density at radius 3 is 3.00 bits per heavy atom. The van der Waals surface area contributed by atoms with Crippen LogP contribution in [0.2, 0.25) is 0 Å². The van der Waals surface area contributed by atoms with Crippen molar-refractivity contribution in [2.45, 2.75) is 13.0 Å². The molecule has 0 bridgehead atoms. The largest absolute Gasteiger partial charge is 0.399 e. The maximum absolute atomic E-state index is 5.74. The quantitative estimate of drug-likeness (QED) is 0.634. The van der Waals surface area contributed by atoms with Gasteiger partial charge in [-0.05, 0) is 42.7 Å². The van der Waals surface area contributed by atoms with Crippen LogP contribution in [0.25, 0.3) is 10.9 Å². The van der Waals surface area contributed by atoms with Crippen molar-refractivity contribution >= 4 is 28.4 Å². The Hall–Kier alpha value is -1.09. The first-order valence-electron chi connectivity index (χ1n) is 5.14. The van der Waals surface area contributed by atoms with Crippen LogP contribution in [0.15, 0.2) is 30.5 Å². The molecule has 15 heavy (non-hydrogen) atoms. The Labute approximate surface area is 94.5 Å². The van der Waals surface area contributed by atoms with Gasteiger partial charge in [-0.15, -0.1) is 0 Å². The van der Waals surface area contributed by atoms with Gasteiger partial charge < -0.3 is 10.3 Å². The number of aryl methyl sites for hydroxylation is 1. The lowest BCUT2D eigenvalue weighted by molar-refractivity contribution is 0.709. The average molecular weight is 220 g/mol. The summed E-state index contributed by atoms with van der Waals surface area (Å²) in [4.78, 5) is 0. The predicted octanol–water partition coefficient (Wildman–Crippen LogP) is 2.98. The van der Waals surface area contributed by atoms with Crippen LogP contribution < -0.4 is 5.73 Å². The Balaban J connectivity index is 2.21. The maximum Gasteiger partial charge on any atom is 0.0481 e. The SMILES string of the molecule is CSCCCn1ccc2cc(N)ccc21. The zero-order valence-electron chi connectivity index (χ0n) is 8.94. The number of nitrogens with zero attached hydrogens (tertiary/aromatic N) is 1. The molecule has 80 valence electrons. The van der Waals surface area contributed by atoms with E-state index in [-0.39, 0.29) is 0 Å². The fraction of sp³-hybridized carbons (Fsp3) is 0.333. The van der Waals surface area contributed by atoms with Crippen molar-refractivity contribution < 1.29 is 0 Å². The highest BCUT2D eigenvalue weighted by atomic mass is 32.2. The van der Waals surface area contributed by atoms with Crippen LogP contribution in [0.1, 0.15) is 6.42 Å². The maximum atomic E-state index is 5.74. The van der Waals surface area contributed by atoms with Crippen LogP contribution in [-0.2, 0) is 6.54 Å². The molecule has 2 N–H and O–H groups in total. The van der Waals surface area contributed by atoms with E-state index in [0.29, 0.717) is 0 Å². The number of benzene rings is 1. The molecular formula is C12H16N2S. The smallest absolute Gasteiger partial charge is 0.0481 e. The molecule has 0 amide bonds. The van der Waals surface area contributed by atoms with Crippen molar-refractivity contribution in [1.82, 2.24) is 4.57 Å². The molecule has 0 saturated carbocycles. The summed E-state index contributed by atoms with van der Waals surface area (Å²) in [6.07, 6.45) is 5.51. The minimum absolute atomic E-state index is 0.837. The number of rotatable bonds is 4. The van der Waals surface area contributed by atoms with Crippen molar-refractivity contribution in [2.75, 3.05) is 17.7 Å². The normalized spacial score (nSPS) is 11.0. The topological polar surface area (TPSA) is 30.9 Å². The predicted molar refractivity (Wildman–Crippen MR) is 69.3 cm³/mol. The van der Waals surface area contributed by atoms with Gasteiger partial charge in [0.1, 0.15) is 0 Å². The van der Waals surface area contributed by atoms with Crippen molar-refractivity contribution in [3.63, 3.8) is 0 Å². The lowest BCUT2D eigenvalue weighted by Crippen LogP contribution is -1.97. The third kappa shape index (κ3) is 2.29. The van der Waals surface area contributed by atoms with Gasteiger partial charge >= 0.3 is 0 Å². The highest BCUT2D eigenvalue weighted by Crippen LogP contribution is 2.19. The van der Waals surface area contributed by atoms with E-state index in [1.807, 2.05) is 23.9 Å². The number of hydrogen-bond acceptors (Lipinski definition) is 2. The van der Waals surface area contributed by atoms with Gasteiger partial charge in [0, 0.05) is 29.3 Å². The first kappa shape index (κ1) is 10.4. The monoisotopic (exact) mass is 220 g/mol. The number of fused-ring (bicyclic) bond motifs is 1. The van der Waals surface area contributed by atoms with E-state index in [1.165, 1.54) is 23.1 Å². The number of anilines is 1. The molecule has 0 aliphatic heterocycles. The first-order valence-corrected chi connectivity index (χ1v) is 6.54. The molecule has 1 aromatic heterocycles. The minimum Gasteiger partial charge on any atom is -0.399 e. The van der Waals surface area contributed by atoms with Crippen LogP contribution in [0.3, 0.4) is 0 Å². The van der Waals surface area contributed by atoms with E-state index in [0.717, 1.165) is 12.2 Å². The third-order valence-electron chi connectivity index (χ3n) is 2.54. The summed E-state index contributed by atoms with van der Waals surface area (Å²) in [5.41, 5.74) is 7.86. The zero-order chi connectivity index (χ0) is 10.7. The average Bonchev–Trinajstić information content (AvgIpc) is 2.61. The summed E-state index contributed by atoms with van der Waals surface area (Å²) in [6, 6.07) is 8.22.